The Bertz CT molecular complexity index is 961. The van der Waals surface area contributed by atoms with Gasteiger partial charge in [-0.3, -0.25) is 5.32 Å². The van der Waals surface area contributed by atoms with Crippen LogP contribution in [-0.4, -0.2) is 21.0 Å². The van der Waals surface area contributed by atoms with Gasteiger partial charge in [0.15, 0.2) is 0 Å². The molecule has 4 nitrogen and oxygen atoms in total. The molecular formula is C18H13F6N3O. The SMILES string of the molecule is Oc1ccccc1Cn1c(C(F)(F)F)cnc1-c1ccc(NC(F)(F)F)cc1. The Kier molecular flexibility index (Phi) is 4.97. The topological polar surface area (TPSA) is 50.1 Å². The fourth-order valence-electron chi connectivity index (χ4n) is 2.67. The molecule has 0 saturated carbocycles. The predicted octanol–water partition coefficient (Wildman–Crippen LogP) is 5.25. The average molecular weight is 401 g/mol. The van der Waals surface area contributed by atoms with Crippen LogP contribution in [-0.2, 0) is 12.7 Å². The average Bonchev–Trinajstić information content (AvgIpc) is 3.00. The monoisotopic (exact) mass is 401 g/mol. The first kappa shape index (κ1) is 19.6. The number of hydrogen-bond donors (Lipinski definition) is 2. The Morgan fingerprint density at radius 1 is 0.929 bits per heavy atom. The second kappa shape index (κ2) is 7.10. The van der Waals surface area contributed by atoms with Crippen molar-refractivity contribution in [1.82, 2.24) is 9.55 Å². The molecular weight excluding hydrogens is 388 g/mol. The van der Waals surface area contributed by atoms with Gasteiger partial charge in [0.2, 0.25) is 0 Å². The van der Waals surface area contributed by atoms with Crippen LogP contribution in [0, 0.1) is 0 Å². The summed E-state index contributed by atoms with van der Waals surface area (Å²) in [7, 11) is 0. The summed E-state index contributed by atoms with van der Waals surface area (Å²) >= 11 is 0. The maximum atomic E-state index is 13.4. The van der Waals surface area contributed by atoms with Crippen LogP contribution in [0.5, 0.6) is 5.75 Å². The molecule has 0 amide bonds. The molecule has 2 N–H and O–H groups in total. The third-order valence-electron chi connectivity index (χ3n) is 3.90. The van der Waals surface area contributed by atoms with E-state index in [4.69, 9.17) is 0 Å². The van der Waals surface area contributed by atoms with Gasteiger partial charge in [0.1, 0.15) is 17.3 Å². The van der Waals surface area contributed by atoms with Gasteiger partial charge in [-0.05, 0) is 30.3 Å². The molecule has 0 aliphatic rings. The summed E-state index contributed by atoms with van der Waals surface area (Å²) in [6.45, 7) is -0.320. The van der Waals surface area contributed by atoms with E-state index in [0.717, 1.165) is 16.7 Å². The molecule has 10 heteroatoms. The van der Waals surface area contributed by atoms with Crippen LogP contribution in [0.25, 0.3) is 11.4 Å². The van der Waals surface area contributed by atoms with E-state index in [1.54, 1.807) is 6.07 Å². The predicted molar refractivity (Wildman–Crippen MR) is 89.6 cm³/mol. The third kappa shape index (κ3) is 4.38. The molecule has 3 aromatic rings. The summed E-state index contributed by atoms with van der Waals surface area (Å²) in [6.07, 6.45) is -8.68. The lowest BCUT2D eigenvalue weighted by Gasteiger charge is -2.15. The van der Waals surface area contributed by atoms with Crippen LogP contribution in [0.4, 0.5) is 32.0 Å². The van der Waals surface area contributed by atoms with Crippen molar-refractivity contribution in [3.05, 3.63) is 66.0 Å². The molecule has 0 unspecified atom stereocenters. The molecule has 3 rings (SSSR count). The number of phenolic OH excluding ortho intramolecular Hbond substituents is 1. The summed E-state index contributed by atoms with van der Waals surface area (Å²) in [5, 5.41) is 11.2. The maximum absolute atomic E-state index is 13.4. The zero-order valence-electron chi connectivity index (χ0n) is 14.0. The van der Waals surface area contributed by atoms with Crippen LogP contribution in [0.1, 0.15) is 11.3 Å². The van der Waals surface area contributed by atoms with Crippen LogP contribution in [0.3, 0.4) is 0 Å². The van der Waals surface area contributed by atoms with Gasteiger partial charge >= 0.3 is 12.5 Å². The molecule has 0 aliphatic carbocycles. The van der Waals surface area contributed by atoms with Crippen molar-refractivity contribution in [2.45, 2.75) is 19.0 Å². The van der Waals surface area contributed by atoms with E-state index in [2.05, 4.69) is 4.98 Å². The molecule has 0 radical (unpaired) electrons. The number of phenols is 1. The Balaban J connectivity index is 2.02. The summed E-state index contributed by atoms with van der Waals surface area (Å²) in [4.78, 5) is 3.80. The first-order chi connectivity index (χ1) is 13.0. The molecule has 0 atom stereocenters. The van der Waals surface area contributed by atoms with Crippen LogP contribution >= 0.6 is 0 Å². The first-order valence-corrected chi connectivity index (χ1v) is 7.89. The first-order valence-electron chi connectivity index (χ1n) is 7.89. The number of imidazole rings is 1. The van der Waals surface area contributed by atoms with Crippen molar-refractivity contribution in [1.29, 1.82) is 0 Å². The van der Waals surface area contributed by atoms with Gasteiger partial charge in [-0.2, -0.15) is 26.3 Å². The molecule has 1 aromatic heterocycles. The highest BCUT2D eigenvalue weighted by Gasteiger charge is 2.36. The van der Waals surface area contributed by atoms with Gasteiger partial charge in [0, 0.05) is 16.8 Å². The quantitative estimate of drug-likeness (QED) is 0.464. The van der Waals surface area contributed by atoms with Gasteiger partial charge in [-0.25, -0.2) is 4.98 Å². The summed E-state index contributed by atoms with van der Waals surface area (Å²) in [5.41, 5.74) is -0.865. The molecule has 0 bridgehead atoms. The van der Waals surface area contributed by atoms with E-state index >= 15 is 0 Å². The normalized spacial score (nSPS) is 12.2. The van der Waals surface area contributed by atoms with E-state index in [1.165, 1.54) is 35.6 Å². The standard InChI is InChI=1S/C18H13F6N3O/c19-17(20,21)15-9-25-16(27(15)10-12-3-1-2-4-14(12)28)11-5-7-13(8-6-11)26-18(22,23)24/h1-9,26,28H,10H2. The zero-order valence-corrected chi connectivity index (χ0v) is 14.0. The Morgan fingerprint density at radius 3 is 2.14 bits per heavy atom. The van der Waals surface area contributed by atoms with Crippen molar-refractivity contribution in [3.63, 3.8) is 0 Å². The number of aromatic hydroxyl groups is 1. The Morgan fingerprint density at radius 2 is 1.57 bits per heavy atom. The highest BCUT2D eigenvalue weighted by molar-refractivity contribution is 5.61. The number of aromatic nitrogens is 2. The lowest BCUT2D eigenvalue weighted by atomic mass is 10.1. The van der Waals surface area contributed by atoms with Gasteiger partial charge in [-0.15, -0.1) is 0 Å². The van der Waals surface area contributed by atoms with Crippen molar-refractivity contribution < 1.29 is 31.4 Å². The van der Waals surface area contributed by atoms with Gasteiger partial charge < -0.3 is 9.67 Å². The molecule has 0 spiro atoms. The molecule has 2 aromatic carbocycles. The second-order valence-corrected chi connectivity index (χ2v) is 5.88. The van der Waals surface area contributed by atoms with E-state index in [-0.39, 0.29) is 34.9 Å². The van der Waals surface area contributed by atoms with Crippen molar-refractivity contribution in [2.75, 3.05) is 5.32 Å². The highest BCUT2D eigenvalue weighted by Crippen LogP contribution is 2.34. The molecule has 1 heterocycles. The van der Waals surface area contributed by atoms with E-state index in [1.807, 2.05) is 0 Å². The van der Waals surface area contributed by atoms with E-state index < -0.39 is 18.2 Å². The molecule has 28 heavy (non-hydrogen) atoms. The minimum Gasteiger partial charge on any atom is -0.508 e. The fraction of sp³-hybridized carbons (Fsp3) is 0.167. The van der Waals surface area contributed by atoms with Crippen molar-refractivity contribution in [2.24, 2.45) is 0 Å². The van der Waals surface area contributed by atoms with Crippen molar-refractivity contribution in [3.8, 4) is 17.1 Å². The van der Waals surface area contributed by atoms with Gasteiger partial charge in [0.05, 0.1) is 12.7 Å². The van der Waals surface area contributed by atoms with Crippen LogP contribution < -0.4 is 5.32 Å². The molecule has 0 aliphatic heterocycles. The number of benzene rings is 2. The van der Waals surface area contributed by atoms with E-state index in [9.17, 15) is 31.4 Å². The smallest absolute Gasteiger partial charge is 0.482 e. The number of para-hydroxylation sites is 1. The van der Waals surface area contributed by atoms with Gasteiger partial charge in [0.25, 0.3) is 0 Å². The minimum atomic E-state index is -4.70. The summed E-state index contributed by atoms with van der Waals surface area (Å²) in [6, 6.07) is 10.6. The van der Waals surface area contributed by atoms with Crippen LogP contribution in [0.2, 0.25) is 0 Å². The Hall–Kier alpha value is -3.17. The lowest BCUT2D eigenvalue weighted by molar-refractivity contribution is -0.143. The zero-order chi connectivity index (χ0) is 20.5. The highest BCUT2D eigenvalue weighted by atomic mass is 19.4. The maximum Gasteiger partial charge on any atom is 0.482 e. The van der Waals surface area contributed by atoms with Gasteiger partial charge in [-0.1, -0.05) is 18.2 Å². The van der Waals surface area contributed by atoms with Crippen molar-refractivity contribution >= 4 is 5.69 Å². The number of nitrogens with one attached hydrogen (secondary N) is 1. The number of nitrogens with zero attached hydrogens (tertiary/aromatic N) is 2. The number of rotatable bonds is 4. The van der Waals surface area contributed by atoms with E-state index in [0.29, 0.717) is 6.20 Å². The number of alkyl halides is 6. The molecule has 0 saturated heterocycles. The number of anilines is 1. The summed E-state index contributed by atoms with van der Waals surface area (Å²) in [5.74, 6) is -0.269. The largest absolute Gasteiger partial charge is 0.508 e. The second-order valence-electron chi connectivity index (χ2n) is 5.88. The number of halogens is 6. The molecule has 148 valence electrons. The van der Waals surface area contributed by atoms with Crippen LogP contribution in [0.15, 0.2) is 54.7 Å². The summed E-state index contributed by atoms with van der Waals surface area (Å²) < 4.78 is 78.1. The Labute approximate surface area is 155 Å². The number of hydrogen-bond acceptors (Lipinski definition) is 3. The minimum absolute atomic E-state index is 0.0888. The fourth-order valence-corrected chi connectivity index (χ4v) is 2.67. The molecule has 0 fully saturated rings. The third-order valence-corrected chi connectivity index (χ3v) is 3.90. The lowest BCUT2D eigenvalue weighted by Crippen LogP contribution is -2.20.